The molecule has 0 saturated heterocycles. The number of aliphatic hydroxyl groups is 1. The van der Waals surface area contributed by atoms with Crippen LogP contribution in [-0.2, 0) is 6.54 Å². The van der Waals surface area contributed by atoms with Gasteiger partial charge in [-0.1, -0.05) is 32.9 Å². The molecule has 0 aromatic carbocycles. The van der Waals surface area contributed by atoms with Crippen LogP contribution in [0.2, 0.25) is 0 Å². The molecule has 0 fully saturated rings. The van der Waals surface area contributed by atoms with Gasteiger partial charge in [-0.3, -0.25) is 0 Å². The number of hydrogen-bond acceptors (Lipinski definition) is 3. The summed E-state index contributed by atoms with van der Waals surface area (Å²) in [5.41, 5.74) is 0.832. The zero-order chi connectivity index (χ0) is 11.4. The maximum Gasteiger partial charge on any atom is 0.100 e. The van der Waals surface area contributed by atoms with Crippen LogP contribution in [0.5, 0.6) is 0 Å². The van der Waals surface area contributed by atoms with E-state index >= 15 is 0 Å². The van der Waals surface area contributed by atoms with Crippen molar-refractivity contribution in [3.8, 4) is 0 Å². The zero-order valence-corrected chi connectivity index (χ0v) is 10.0. The van der Waals surface area contributed by atoms with Gasteiger partial charge < -0.3 is 5.11 Å². The molecule has 86 valence electrons. The topological polar surface area (TPSA) is 50.9 Å². The highest BCUT2D eigenvalue weighted by Gasteiger charge is 2.22. The second kappa shape index (κ2) is 5.26. The lowest BCUT2D eigenvalue weighted by molar-refractivity contribution is 0.0834. The molecule has 1 heterocycles. The summed E-state index contributed by atoms with van der Waals surface area (Å²) in [5, 5.41) is 18.0. The van der Waals surface area contributed by atoms with E-state index in [1.807, 2.05) is 0 Å². The average Bonchev–Trinajstić information content (AvgIpc) is 2.64. The molecule has 1 rings (SSSR count). The monoisotopic (exact) mass is 211 g/mol. The van der Waals surface area contributed by atoms with Crippen molar-refractivity contribution in [1.82, 2.24) is 15.0 Å². The van der Waals surface area contributed by atoms with Crippen LogP contribution in [0.3, 0.4) is 0 Å². The van der Waals surface area contributed by atoms with E-state index in [1.165, 1.54) is 0 Å². The van der Waals surface area contributed by atoms with Gasteiger partial charge in [-0.05, 0) is 18.3 Å². The van der Waals surface area contributed by atoms with Crippen LogP contribution < -0.4 is 0 Å². The summed E-state index contributed by atoms with van der Waals surface area (Å²) in [6.07, 6.45) is 2.20. The van der Waals surface area contributed by atoms with Gasteiger partial charge in [0.25, 0.3) is 0 Å². The molecule has 15 heavy (non-hydrogen) atoms. The van der Waals surface area contributed by atoms with Crippen molar-refractivity contribution >= 4 is 0 Å². The van der Waals surface area contributed by atoms with Crippen LogP contribution in [0.15, 0.2) is 6.20 Å². The molecule has 1 aromatic rings. The number of aryl methyl sites for hydroxylation is 1. The molecule has 4 nitrogen and oxygen atoms in total. The van der Waals surface area contributed by atoms with Gasteiger partial charge in [0, 0.05) is 6.54 Å². The van der Waals surface area contributed by atoms with Gasteiger partial charge in [-0.15, -0.1) is 5.10 Å². The minimum atomic E-state index is -0.466. The third-order valence-electron chi connectivity index (χ3n) is 2.94. The fourth-order valence-electron chi connectivity index (χ4n) is 1.51. The van der Waals surface area contributed by atoms with E-state index in [0.717, 1.165) is 18.7 Å². The summed E-state index contributed by atoms with van der Waals surface area (Å²) in [4.78, 5) is 0. The van der Waals surface area contributed by atoms with Crippen LogP contribution in [-0.4, -0.2) is 20.1 Å². The molecule has 1 aromatic heterocycles. The molecule has 4 heteroatoms. The first-order valence-corrected chi connectivity index (χ1v) is 5.64. The lowest BCUT2D eigenvalue weighted by Gasteiger charge is -2.22. The summed E-state index contributed by atoms with van der Waals surface area (Å²) in [7, 11) is 0. The van der Waals surface area contributed by atoms with Crippen molar-refractivity contribution in [1.29, 1.82) is 0 Å². The first kappa shape index (κ1) is 12.2. The Hall–Kier alpha value is -0.900. The predicted molar refractivity (Wildman–Crippen MR) is 59.3 cm³/mol. The Balaban J connectivity index is 2.80. The molecule has 1 N–H and O–H groups in total. The van der Waals surface area contributed by atoms with Crippen molar-refractivity contribution in [3.05, 3.63) is 11.9 Å². The van der Waals surface area contributed by atoms with E-state index in [1.54, 1.807) is 10.9 Å². The van der Waals surface area contributed by atoms with E-state index in [-0.39, 0.29) is 5.92 Å². The Kier molecular flexibility index (Phi) is 4.27. The first-order chi connectivity index (χ1) is 7.07. The zero-order valence-electron chi connectivity index (χ0n) is 10.0. The smallest absolute Gasteiger partial charge is 0.100 e. The molecule has 0 amide bonds. The largest absolute Gasteiger partial charge is 0.386 e. The van der Waals surface area contributed by atoms with E-state index in [0.29, 0.717) is 5.92 Å². The van der Waals surface area contributed by atoms with E-state index < -0.39 is 6.10 Å². The second-order valence-corrected chi connectivity index (χ2v) is 4.43. The summed E-state index contributed by atoms with van der Waals surface area (Å²) < 4.78 is 1.80. The maximum absolute atomic E-state index is 10.2. The van der Waals surface area contributed by atoms with E-state index in [9.17, 15) is 5.11 Å². The number of nitrogens with zero attached hydrogens (tertiary/aromatic N) is 3. The lowest BCUT2D eigenvalue weighted by Crippen LogP contribution is -2.18. The summed E-state index contributed by atoms with van der Waals surface area (Å²) in [5.74, 6) is 0.670. The SMILES string of the molecule is CCCn1nncc1C(O)C(C)C(C)C. The van der Waals surface area contributed by atoms with Gasteiger partial charge in [0.15, 0.2) is 0 Å². The Bertz CT molecular complexity index is 296. The molecule has 0 saturated carbocycles. The molecule has 0 bridgehead atoms. The van der Waals surface area contributed by atoms with Crippen LogP contribution in [0.4, 0.5) is 0 Å². The molecule has 0 spiro atoms. The highest BCUT2D eigenvalue weighted by Crippen LogP contribution is 2.26. The van der Waals surface area contributed by atoms with Crippen molar-refractivity contribution < 1.29 is 5.11 Å². The molecular weight excluding hydrogens is 190 g/mol. The van der Waals surface area contributed by atoms with Gasteiger partial charge in [0.05, 0.1) is 11.9 Å². The molecule has 2 atom stereocenters. The maximum atomic E-state index is 10.2. The van der Waals surface area contributed by atoms with Gasteiger partial charge >= 0.3 is 0 Å². The summed E-state index contributed by atoms with van der Waals surface area (Å²) in [6.45, 7) is 9.18. The summed E-state index contributed by atoms with van der Waals surface area (Å²) in [6, 6.07) is 0. The predicted octanol–water partition coefficient (Wildman–Crippen LogP) is 2.01. The minimum absolute atomic E-state index is 0.221. The van der Waals surface area contributed by atoms with Gasteiger partial charge in [0.1, 0.15) is 6.10 Å². The fraction of sp³-hybridized carbons (Fsp3) is 0.818. The van der Waals surface area contributed by atoms with E-state index in [2.05, 4.69) is 38.0 Å². The van der Waals surface area contributed by atoms with Crippen LogP contribution in [0, 0.1) is 11.8 Å². The molecule has 2 unspecified atom stereocenters. The van der Waals surface area contributed by atoms with Crippen molar-refractivity contribution in [2.45, 2.75) is 46.8 Å². The van der Waals surface area contributed by atoms with Crippen LogP contribution in [0.25, 0.3) is 0 Å². The highest BCUT2D eigenvalue weighted by atomic mass is 16.3. The number of aliphatic hydroxyl groups excluding tert-OH is 1. The Morgan fingerprint density at radius 1 is 1.40 bits per heavy atom. The lowest BCUT2D eigenvalue weighted by atomic mass is 9.91. The quantitative estimate of drug-likeness (QED) is 0.810. The van der Waals surface area contributed by atoms with Gasteiger partial charge in [-0.25, -0.2) is 4.68 Å². The fourth-order valence-corrected chi connectivity index (χ4v) is 1.51. The standard InChI is InChI=1S/C11H21N3O/c1-5-6-14-10(7-12-13-14)11(15)9(4)8(2)3/h7-9,11,15H,5-6H2,1-4H3. The number of hydrogen-bond donors (Lipinski definition) is 1. The molecular formula is C11H21N3O. The highest BCUT2D eigenvalue weighted by molar-refractivity contribution is 5.00. The van der Waals surface area contributed by atoms with Crippen molar-refractivity contribution in [3.63, 3.8) is 0 Å². The molecule has 0 radical (unpaired) electrons. The van der Waals surface area contributed by atoms with Gasteiger partial charge in [-0.2, -0.15) is 0 Å². The van der Waals surface area contributed by atoms with Crippen LogP contribution in [0.1, 0.15) is 45.9 Å². The third kappa shape index (κ3) is 2.78. The number of rotatable bonds is 5. The normalized spacial score (nSPS) is 15.6. The van der Waals surface area contributed by atoms with Gasteiger partial charge in [0.2, 0.25) is 0 Å². The first-order valence-electron chi connectivity index (χ1n) is 5.64. The Morgan fingerprint density at radius 2 is 2.07 bits per heavy atom. The third-order valence-corrected chi connectivity index (χ3v) is 2.94. The Morgan fingerprint density at radius 3 is 2.60 bits per heavy atom. The number of aromatic nitrogens is 3. The molecule has 0 aliphatic carbocycles. The van der Waals surface area contributed by atoms with Crippen LogP contribution >= 0.6 is 0 Å². The second-order valence-electron chi connectivity index (χ2n) is 4.43. The minimum Gasteiger partial charge on any atom is -0.386 e. The van der Waals surface area contributed by atoms with Crippen molar-refractivity contribution in [2.24, 2.45) is 11.8 Å². The molecule has 0 aliphatic heterocycles. The van der Waals surface area contributed by atoms with E-state index in [4.69, 9.17) is 0 Å². The molecule has 0 aliphatic rings. The Labute approximate surface area is 91.3 Å². The summed E-state index contributed by atoms with van der Waals surface area (Å²) >= 11 is 0. The van der Waals surface area contributed by atoms with Crippen molar-refractivity contribution in [2.75, 3.05) is 0 Å². The average molecular weight is 211 g/mol.